The molecule has 148 valence electrons. The fourth-order valence-electron chi connectivity index (χ4n) is 3.82. The van der Waals surface area contributed by atoms with Crippen molar-refractivity contribution >= 4 is 16.9 Å². The Labute approximate surface area is 167 Å². The predicted molar refractivity (Wildman–Crippen MR) is 108 cm³/mol. The van der Waals surface area contributed by atoms with Gasteiger partial charge in [0.1, 0.15) is 11.6 Å². The van der Waals surface area contributed by atoms with Crippen molar-refractivity contribution in [2.24, 2.45) is 13.0 Å². The standard InChI is InChI=1S/C20H22N8O/c1-26-13-16(10-22-26)27-8-7-14(12-27)9-19-21-11-18-20(23-19)28(25-24-18)15-3-5-17(29-2)6-4-15/h3-6,10-11,13-14H,7-9,12H2,1-2H3/t14-/m0/s1. The molecule has 0 saturated carbocycles. The molecule has 0 amide bonds. The smallest absolute Gasteiger partial charge is 0.187 e. The predicted octanol–water partition coefficient (Wildman–Crippen LogP) is 2.02. The van der Waals surface area contributed by atoms with Gasteiger partial charge in [-0.2, -0.15) is 9.78 Å². The first-order valence-corrected chi connectivity index (χ1v) is 9.65. The van der Waals surface area contributed by atoms with E-state index in [0.29, 0.717) is 11.4 Å². The summed E-state index contributed by atoms with van der Waals surface area (Å²) in [7, 11) is 3.60. The minimum absolute atomic E-state index is 0.512. The average molecular weight is 390 g/mol. The minimum Gasteiger partial charge on any atom is -0.497 e. The number of anilines is 1. The summed E-state index contributed by atoms with van der Waals surface area (Å²) < 4.78 is 8.82. The third-order valence-electron chi connectivity index (χ3n) is 5.37. The van der Waals surface area contributed by atoms with E-state index in [2.05, 4.69) is 31.5 Å². The lowest BCUT2D eigenvalue weighted by atomic mass is 10.0. The molecule has 0 unspecified atom stereocenters. The molecular formula is C20H22N8O. The Hall–Kier alpha value is -3.49. The zero-order valence-corrected chi connectivity index (χ0v) is 16.4. The van der Waals surface area contributed by atoms with Crippen LogP contribution < -0.4 is 9.64 Å². The van der Waals surface area contributed by atoms with Gasteiger partial charge in [0.15, 0.2) is 11.2 Å². The largest absolute Gasteiger partial charge is 0.497 e. The number of aryl methyl sites for hydroxylation is 1. The summed E-state index contributed by atoms with van der Waals surface area (Å²) in [5, 5.41) is 12.7. The van der Waals surface area contributed by atoms with Crippen molar-refractivity contribution in [2.75, 3.05) is 25.1 Å². The van der Waals surface area contributed by atoms with Gasteiger partial charge in [0.25, 0.3) is 0 Å². The van der Waals surface area contributed by atoms with Gasteiger partial charge in [-0.3, -0.25) is 4.68 Å². The molecule has 1 saturated heterocycles. The maximum atomic E-state index is 5.23. The molecule has 0 aliphatic carbocycles. The van der Waals surface area contributed by atoms with Gasteiger partial charge in [-0.25, -0.2) is 9.97 Å². The van der Waals surface area contributed by atoms with Crippen LogP contribution in [0.25, 0.3) is 16.9 Å². The van der Waals surface area contributed by atoms with Crippen LogP contribution in [0.3, 0.4) is 0 Å². The Kier molecular flexibility index (Phi) is 4.34. The van der Waals surface area contributed by atoms with Gasteiger partial charge >= 0.3 is 0 Å². The van der Waals surface area contributed by atoms with E-state index in [1.807, 2.05) is 42.2 Å². The van der Waals surface area contributed by atoms with Crippen molar-refractivity contribution in [1.29, 1.82) is 0 Å². The van der Waals surface area contributed by atoms with E-state index >= 15 is 0 Å². The van der Waals surface area contributed by atoms with E-state index < -0.39 is 0 Å². The molecule has 5 rings (SSSR count). The zero-order valence-electron chi connectivity index (χ0n) is 16.4. The van der Waals surface area contributed by atoms with Gasteiger partial charge < -0.3 is 9.64 Å². The average Bonchev–Trinajstić information content (AvgIpc) is 3.47. The Bertz CT molecular complexity index is 1130. The number of rotatable bonds is 5. The lowest BCUT2D eigenvalue weighted by Crippen LogP contribution is -2.20. The van der Waals surface area contributed by atoms with Crippen LogP contribution in [-0.4, -0.2) is 54.9 Å². The molecule has 0 N–H and O–H groups in total. The quantitative estimate of drug-likeness (QED) is 0.515. The lowest BCUT2D eigenvalue weighted by molar-refractivity contribution is 0.414. The van der Waals surface area contributed by atoms with Gasteiger partial charge in [0, 0.05) is 32.8 Å². The molecule has 1 aliphatic rings. The van der Waals surface area contributed by atoms with Crippen molar-refractivity contribution in [3.63, 3.8) is 0 Å². The van der Waals surface area contributed by atoms with Gasteiger partial charge in [-0.05, 0) is 36.6 Å². The summed E-state index contributed by atoms with van der Waals surface area (Å²) in [6, 6.07) is 7.68. The van der Waals surface area contributed by atoms with E-state index in [1.165, 1.54) is 5.69 Å². The maximum Gasteiger partial charge on any atom is 0.187 e. The van der Waals surface area contributed by atoms with Crippen LogP contribution in [0, 0.1) is 5.92 Å². The third-order valence-corrected chi connectivity index (χ3v) is 5.37. The topological polar surface area (TPSA) is 86.8 Å². The summed E-state index contributed by atoms with van der Waals surface area (Å²) in [5.74, 6) is 2.14. The molecule has 4 heterocycles. The fraction of sp³-hybridized carbons (Fsp3) is 0.350. The highest BCUT2D eigenvalue weighted by Gasteiger charge is 2.25. The van der Waals surface area contributed by atoms with Crippen LogP contribution >= 0.6 is 0 Å². The molecule has 4 aromatic rings. The highest BCUT2D eigenvalue weighted by Crippen LogP contribution is 2.25. The van der Waals surface area contributed by atoms with Gasteiger partial charge in [0.05, 0.1) is 30.9 Å². The number of hydrogen-bond acceptors (Lipinski definition) is 7. The fourth-order valence-corrected chi connectivity index (χ4v) is 3.82. The summed E-state index contributed by atoms with van der Waals surface area (Å²) in [5.41, 5.74) is 3.48. The van der Waals surface area contributed by atoms with Crippen LogP contribution in [0.4, 0.5) is 5.69 Å². The Morgan fingerprint density at radius 2 is 2.00 bits per heavy atom. The van der Waals surface area contributed by atoms with E-state index in [9.17, 15) is 0 Å². The van der Waals surface area contributed by atoms with E-state index in [4.69, 9.17) is 9.72 Å². The SMILES string of the molecule is COc1ccc(-n2nnc3cnc(C[C@@H]4CCN(c5cnn(C)c5)C4)nc32)cc1. The van der Waals surface area contributed by atoms with Crippen molar-refractivity contribution in [2.45, 2.75) is 12.8 Å². The first kappa shape index (κ1) is 17.6. The molecule has 0 radical (unpaired) electrons. The summed E-state index contributed by atoms with van der Waals surface area (Å²) in [4.78, 5) is 11.7. The van der Waals surface area contributed by atoms with Crippen LogP contribution in [0.1, 0.15) is 12.2 Å². The second-order valence-corrected chi connectivity index (χ2v) is 7.37. The third kappa shape index (κ3) is 3.39. The molecule has 29 heavy (non-hydrogen) atoms. The van der Waals surface area contributed by atoms with Gasteiger partial charge in [0.2, 0.25) is 0 Å². The van der Waals surface area contributed by atoms with Gasteiger partial charge in [-0.15, -0.1) is 5.10 Å². The number of methoxy groups -OCH3 is 1. The molecule has 1 aliphatic heterocycles. The number of ether oxygens (including phenoxy) is 1. The second kappa shape index (κ2) is 7.16. The van der Waals surface area contributed by atoms with Crippen molar-refractivity contribution in [3.8, 4) is 11.4 Å². The summed E-state index contributed by atoms with van der Waals surface area (Å²) in [6.45, 7) is 2.02. The first-order chi connectivity index (χ1) is 14.2. The first-order valence-electron chi connectivity index (χ1n) is 9.65. The molecule has 1 atom stereocenters. The maximum absolute atomic E-state index is 5.23. The second-order valence-electron chi connectivity index (χ2n) is 7.37. The van der Waals surface area contributed by atoms with Crippen LogP contribution in [0.5, 0.6) is 5.75 Å². The van der Waals surface area contributed by atoms with Crippen molar-refractivity contribution < 1.29 is 4.74 Å². The van der Waals surface area contributed by atoms with Crippen LogP contribution in [0.2, 0.25) is 0 Å². The Balaban J connectivity index is 1.36. The monoisotopic (exact) mass is 390 g/mol. The zero-order chi connectivity index (χ0) is 19.8. The normalized spacial score (nSPS) is 16.6. The summed E-state index contributed by atoms with van der Waals surface area (Å²) in [6.07, 6.45) is 7.69. The lowest BCUT2D eigenvalue weighted by Gasteiger charge is -2.15. The highest BCUT2D eigenvalue weighted by molar-refractivity contribution is 5.70. The van der Waals surface area contributed by atoms with E-state index in [0.717, 1.165) is 48.8 Å². The number of benzene rings is 1. The van der Waals surface area contributed by atoms with Gasteiger partial charge in [-0.1, -0.05) is 5.21 Å². The van der Waals surface area contributed by atoms with Crippen molar-refractivity contribution in [3.05, 3.63) is 48.7 Å². The molecule has 1 aromatic carbocycles. The van der Waals surface area contributed by atoms with Crippen LogP contribution in [0.15, 0.2) is 42.9 Å². The molecular weight excluding hydrogens is 368 g/mol. The highest BCUT2D eigenvalue weighted by atomic mass is 16.5. The van der Waals surface area contributed by atoms with E-state index in [1.54, 1.807) is 18.0 Å². The number of nitrogens with zero attached hydrogens (tertiary/aromatic N) is 8. The van der Waals surface area contributed by atoms with E-state index in [-0.39, 0.29) is 0 Å². The molecule has 9 heteroatoms. The Morgan fingerprint density at radius 3 is 2.76 bits per heavy atom. The molecule has 0 spiro atoms. The molecule has 9 nitrogen and oxygen atoms in total. The number of fused-ring (bicyclic) bond motifs is 1. The van der Waals surface area contributed by atoms with Crippen LogP contribution in [-0.2, 0) is 13.5 Å². The molecule has 3 aromatic heterocycles. The minimum atomic E-state index is 0.512. The molecule has 0 bridgehead atoms. The Morgan fingerprint density at radius 1 is 1.14 bits per heavy atom. The summed E-state index contributed by atoms with van der Waals surface area (Å²) >= 11 is 0. The number of hydrogen-bond donors (Lipinski definition) is 0. The molecule has 1 fully saturated rings. The number of aromatic nitrogens is 7. The van der Waals surface area contributed by atoms with Crippen molar-refractivity contribution in [1.82, 2.24) is 34.7 Å².